The van der Waals surface area contributed by atoms with Crippen molar-refractivity contribution in [1.82, 2.24) is 5.43 Å². The fourth-order valence-electron chi connectivity index (χ4n) is 2.19. The van der Waals surface area contributed by atoms with Gasteiger partial charge >= 0.3 is 0 Å². The molecule has 2 N–H and O–H groups in total. The standard InChI is InChI=1S/C17H11Br2ClN2O2S/c1-8-2-3-10-13(4-8)25-16(14(10)20)17(24)22-21-7-9-5-11(18)15(23)12(19)6-9/h2-7,23H,1H3,(H,22,24)/b21-7+. The minimum absolute atomic E-state index is 0.105. The highest BCUT2D eigenvalue weighted by Crippen LogP contribution is 2.36. The molecule has 1 aromatic heterocycles. The molecular formula is C17H11Br2ClN2O2S. The number of amides is 1. The molecule has 0 aliphatic carbocycles. The number of phenolic OH excluding ortho intramolecular Hbond substituents is 1. The largest absolute Gasteiger partial charge is 0.506 e. The maximum absolute atomic E-state index is 12.3. The molecule has 1 heterocycles. The predicted molar refractivity (Wildman–Crippen MR) is 110 cm³/mol. The molecule has 0 saturated heterocycles. The van der Waals surface area contributed by atoms with Crippen molar-refractivity contribution in [1.29, 1.82) is 0 Å². The summed E-state index contributed by atoms with van der Waals surface area (Å²) in [5, 5.41) is 14.9. The number of thiophene rings is 1. The van der Waals surface area contributed by atoms with Crippen LogP contribution < -0.4 is 5.43 Å². The monoisotopic (exact) mass is 500 g/mol. The Bertz CT molecular complexity index is 994. The van der Waals surface area contributed by atoms with E-state index in [1.54, 1.807) is 12.1 Å². The molecule has 8 heteroatoms. The summed E-state index contributed by atoms with van der Waals surface area (Å²) < 4.78 is 2.01. The lowest BCUT2D eigenvalue weighted by atomic mass is 10.2. The number of rotatable bonds is 3. The van der Waals surface area contributed by atoms with Gasteiger partial charge in [0, 0.05) is 10.1 Å². The number of hydrazone groups is 1. The van der Waals surface area contributed by atoms with Crippen LogP contribution in [0.2, 0.25) is 5.02 Å². The van der Waals surface area contributed by atoms with Crippen LogP contribution in [0.4, 0.5) is 0 Å². The zero-order chi connectivity index (χ0) is 18.1. The van der Waals surface area contributed by atoms with Crippen molar-refractivity contribution in [3.63, 3.8) is 0 Å². The number of fused-ring (bicyclic) bond motifs is 1. The average Bonchev–Trinajstić information content (AvgIpc) is 2.88. The molecule has 0 saturated carbocycles. The summed E-state index contributed by atoms with van der Waals surface area (Å²) in [6, 6.07) is 9.24. The van der Waals surface area contributed by atoms with Crippen molar-refractivity contribution in [3.05, 3.63) is 60.3 Å². The van der Waals surface area contributed by atoms with Crippen LogP contribution in [0.15, 0.2) is 44.4 Å². The maximum Gasteiger partial charge on any atom is 0.283 e. The van der Waals surface area contributed by atoms with Crippen LogP contribution in [0, 0.1) is 6.92 Å². The highest BCUT2D eigenvalue weighted by atomic mass is 79.9. The number of nitrogens with one attached hydrogen (secondary N) is 1. The number of aryl methyl sites for hydroxylation is 1. The van der Waals surface area contributed by atoms with Gasteiger partial charge in [-0.2, -0.15) is 5.10 Å². The van der Waals surface area contributed by atoms with Gasteiger partial charge in [0.1, 0.15) is 10.6 Å². The number of benzene rings is 2. The Labute approximate surface area is 169 Å². The Morgan fingerprint density at radius 3 is 2.64 bits per heavy atom. The maximum atomic E-state index is 12.3. The minimum Gasteiger partial charge on any atom is -0.506 e. The number of hydrogen-bond donors (Lipinski definition) is 2. The smallest absolute Gasteiger partial charge is 0.283 e. The third-order valence-corrected chi connectivity index (χ3v) is 6.28. The lowest BCUT2D eigenvalue weighted by Gasteiger charge is -2.02. The average molecular weight is 503 g/mol. The van der Waals surface area contributed by atoms with Crippen LogP contribution in [-0.4, -0.2) is 17.2 Å². The van der Waals surface area contributed by atoms with Gasteiger partial charge in [-0.15, -0.1) is 11.3 Å². The highest BCUT2D eigenvalue weighted by Gasteiger charge is 2.16. The number of carbonyl (C=O) groups excluding carboxylic acids is 1. The van der Waals surface area contributed by atoms with Gasteiger partial charge < -0.3 is 5.11 Å². The molecule has 1 amide bonds. The minimum atomic E-state index is -0.364. The number of aromatic hydroxyl groups is 1. The molecule has 4 nitrogen and oxygen atoms in total. The Hall–Kier alpha value is -1.41. The van der Waals surface area contributed by atoms with Gasteiger partial charge in [-0.3, -0.25) is 4.79 Å². The van der Waals surface area contributed by atoms with Crippen molar-refractivity contribution in [2.45, 2.75) is 6.92 Å². The second kappa shape index (κ2) is 7.45. The van der Waals surface area contributed by atoms with Crippen molar-refractivity contribution in [2.24, 2.45) is 5.10 Å². The van der Waals surface area contributed by atoms with Gasteiger partial charge in [0.15, 0.2) is 0 Å². The predicted octanol–water partition coefficient (Wildman–Crippen LogP) is 5.86. The van der Waals surface area contributed by atoms with E-state index in [1.165, 1.54) is 17.6 Å². The third kappa shape index (κ3) is 3.89. The van der Waals surface area contributed by atoms with Crippen LogP contribution in [0.1, 0.15) is 20.8 Å². The molecule has 0 aliphatic heterocycles. The van der Waals surface area contributed by atoms with Crippen LogP contribution in [-0.2, 0) is 0 Å². The molecule has 2 aromatic carbocycles. The molecule has 0 radical (unpaired) electrons. The third-order valence-electron chi connectivity index (χ3n) is 3.41. The zero-order valence-electron chi connectivity index (χ0n) is 12.8. The molecule has 0 spiro atoms. The molecule has 25 heavy (non-hydrogen) atoms. The Balaban J connectivity index is 1.80. The van der Waals surface area contributed by atoms with E-state index in [9.17, 15) is 9.90 Å². The fraction of sp³-hybridized carbons (Fsp3) is 0.0588. The number of carbonyl (C=O) groups is 1. The Morgan fingerprint density at radius 2 is 1.96 bits per heavy atom. The van der Waals surface area contributed by atoms with E-state index >= 15 is 0 Å². The normalized spacial score (nSPS) is 11.4. The van der Waals surface area contributed by atoms with Crippen molar-refractivity contribution in [3.8, 4) is 5.75 Å². The Morgan fingerprint density at radius 1 is 1.28 bits per heavy atom. The summed E-state index contributed by atoms with van der Waals surface area (Å²) in [6.45, 7) is 1.99. The first-order valence-corrected chi connectivity index (χ1v) is 9.85. The summed E-state index contributed by atoms with van der Waals surface area (Å²) in [5.74, 6) is -0.259. The van der Waals surface area contributed by atoms with Crippen LogP contribution in [0.5, 0.6) is 5.75 Å². The van der Waals surface area contributed by atoms with Gasteiger partial charge in [0.05, 0.1) is 20.2 Å². The second-order valence-electron chi connectivity index (χ2n) is 5.28. The fourth-order valence-corrected chi connectivity index (χ4v) is 4.92. The van der Waals surface area contributed by atoms with Gasteiger partial charge in [-0.05, 0) is 68.1 Å². The first kappa shape index (κ1) is 18.4. The van der Waals surface area contributed by atoms with E-state index in [4.69, 9.17) is 11.6 Å². The van der Waals surface area contributed by atoms with Crippen molar-refractivity contribution < 1.29 is 9.90 Å². The Kier molecular flexibility index (Phi) is 5.48. The molecule has 0 unspecified atom stereocenters. The molecular weight excluding hydrogens is 492 g/mol. The van der Waals surface area contributed by atoms with Gasteiger partial charge in [0.2, 0.25) is 0 Å². The summed E-state index contributed by atoms with van der Waals surface area (Å²) in [4.78, 5) is 12.8. The van der Waals surface area contributed by atoms with Gasteiger partial charge in [0.25, 0.3) is 5.91 Å². The van der Waals surface area contributed by atoms with Crippen molar-refractivity contribution in [2.75, 3.05) is 0 Å². The van der Waals surface area contributed by atoms with E-state index in [0.717, 1.165) is 15.6 Å². The van der Waals surface area contributed by atoms with Gasteiger partial charge in [-0.25, -0.2) is 5.43 Å². The van der Waals surface area contributed by atoms with Crippen molar-refractivity contribution >= 4 is 77.0 Å². The number of halogens is 3. The molecule has 0 atom stereocenters. The van der Waals surface area contributed by atoms with E-state index in [1.807, 2.05) is 25.1 Å². The van der Waals surface area contributed by atoms with E-state index in [-0.39, 0.29) is 11.7 Å². The summed E-state index contributed by atoms with van der Waals surface area (Å²) in [6.07, 6.45) is 1.48. The topological polar surface area (TPSA) is 61.7 Å². The number of phenols is 1. The lowest BCUT2D eigenvalue weighted by molar-refractivity contribution is 0.0959. The molecule has 3 rings (SSSR count). The summed E-state index contributed by atoms with van der Waals surface area (Å²) in [7, 11) is 0. The van der Waals surface area contributed by atoms with E-state index in [2.05, 4.69) is 42.4 Å². The second-order valence-corrected chi connectivity index (χ2v) is 8.42. The molecule has 0 aliphatic rings. The lowest BCUT2D eigenvalue weighted by Crippen LogP contribution is -2.16. The van der Waals surface area contributed by atoms with Gasteiger partial charge in [-0.1, -0.05) is 23.7 Å². The van der Waals surface area contributed by atoms with E-state index < -0.39 is 0 Å². The van der Waals surface area contributed by atoms with Crippen LogP contribution in [0.25, 0.3) is 10.1 Å². The number of nitrogens with zero attached hydrogens (tertiary/aromatic N) is 1. The summed E-state index contributed by atoms with van der Waals surface area (Å²) >= 11 is 14.1. The zero-order valence-corrected chi connectivity index (χ0v) is 17.6. The number of hydrogen-bond acceptors (Lipinski definition) is 4. The highest BCUT2D eigenvalue weighted by molar-refractivity contribution is 9.11. The quantitative estimate of drug-likeness (QED) is 0.348. The molecule has 0 bridgehead atoms. The first-order valence-electron chi connectivity index (χ1n) is 7.07. The van der Waals surface area contributed by atoms with E-state index in [0.29, 0.717) is 24.4 Å². The molecule has 3 aromatic rings. The molecule has 128 valence electrons. The molecule has 0 fully saturated rings. The first-order chi connectivity index (χ1) is 11.9. The van der Waals surface area contributed by atoms with Crippen LogP contribution >= 0.6 is 54.8 Å². The summed E-state index contributed by atoms with van der Waals surface area (Å²) in [5.41, 5.74) is 4.29. The SMILES string of the molecule is Cc1ccc2c(Cl)c(C(=O)N/N=C/c3cc(Br)c(O)c(Br)c3)sc2c1. The van der Waals surface area contributed by atoms with Crippen LogP contribution in [0.3, 0.4) is 0 Å².